The molecule has 0 atom stereocenters. The highest BCUT2D eigenvalue weighted by Crippen LogP contribution is 2.28. The SMILES string of the molecule is CCC(CC)N(CCOC)c1ncc(Br)cc1Cl. The average molecular weight is 336 g/mol. The lowest BCUT2D eigenvalue weighted by molar-refractivity contribution is 0.202. The summed E-state index contributed by atoms with van der Waals surface area (Å²) in [6, 6.07) is 2.32. The van der Waals surface area contributed by atoms with E-state index in [9.17, 15) is 0 Å². The summed E-state index contributed by atoms with van der Waals surface area (Å²) in [5.74, 6) is 0.839. The van der Waals surface area contributed by atoms with Crippen molar-refractivity contribution in [2.24, 2.45) is 0 Å². The summed E-state index contributed by atoms with van der Waals surface area (Å²) in [6.45, 7) is 5.84. The van der Waals surface area contributed by atoms with E-state index in [-0.39, 0.29) is 0 Å². The molecule has 5 heteroatoms. The second kappa shape index (κ2) is 7.97. The molecule has 102 valence electrons. The predicted molar refractivity (Wildman–Crippen MR) is 80.5 cm³/mol. The first-order valence-electron chi connectivity index (χ1n) is 6.20. The number of anilines is 1. The van der Waals surface area contributed by atoms with Crippen LogP contribution in [0.5, 0.6) is 0 Å². The number of hydrogen-bond donors (Lipinski definition) is 0. The molecule has 0 aliphatic rings. The molecule has 0 aromatic carbocycles. The standard InChI is InChI=1S/C13H20BrClN2O/c1-4-11(5-2)17(6-7-18-3)13-12(15)8-10(14)9-16-13/h8-9,11H,4-7H2,1-3H3. The first-order valence-corrected chi connectivity index (χ1v) is 7.37. The van der Waals surface area contributed by atoms with Crippen molar-refractivity contribution in [1.29, 1.82) is 0 Å². The highest BCUT2D eigenvalue weighted by molar-refractivity contribution is 9.10. The molecular formula is C13H20BrClN2O. The predicted octanol–water partition coefficient (Wildman–Crippen LogP) is 4.14. The number of halogens is 2. The fraction of sp³-hybridized carbons (Fsp3) is 0.615. The molecule has 3 nitrogen and oxygen atoms in total. The van der Waals surface area contributed by atoms with Gasteiger partial charge in [0.05, 0.1) is 11.6 Å². The van der Waals surface area contributed by atoms with E-state index in [1.165, 1.54) is 0 Å². The second-order valence-electron chi connectivity index (χ2n) is 4.12. The molecular weight excluding hydrogens is 316 g/mol. The van der Waals surface area contributed by atoms with Crippen LogP contribution in [0.15, 0.2) is 16.7 Å². The van der Waals surface area contributed by atoms with Gasteiger partial charge in [0.2, 0.25) is 0 Å². The molecule has 0 saturated carbocycles. The minimum Gasteiger partial charge on any atom is -0.383 e. The Morgan fingerprint density at radius 2 is 2.11 bits per heavy atom. The molecule has 1 rings (SSSR count). The largest absolute Gasteiger partial charge is 0.383 e. The van der Waals surface area contributed by atoms with E-state index in [0.717, 1.165) is 29.7 Å². The summed E-state index contributed by atoms with van der Waals surface area (Å²) in [4.78, 5) is 6.67. The monoisotopic (exact) mass is 334 g/mol. The Labute approximate surface area is 123 Å². The summed E-state index contributed by atoms with van der Waals surface area (Å²) in [5, 5.41) is 0.673. The maximum absolute atomic E-state index is 6.29. The summed E-state index contributed by atoms with van der Waals surface area (Å²) in [7, 11) is 1.71. The molecule has 1 aromatic rings. The zero-order valence-electron chi connectivity index (χ0n) is 11.1. The van der Waals surface area contributed by atoms with Crippen LogP contribution in [0, 0.1) is 0 Å². The van der Waals surface area contributed by atoms with Crippen molar-refractivity contribution in [3.05, 3.63) is 21.8 Å². The van der Waals surface area contributed by atoms with Gasteiger partial charge in [0.15, 0.2) is 0 Å². The third-order valence-electron chi connectivity index (χ3n) is 2.98. The van der Waals surface area contributed by atoms with Crippen molar-refractivity contribution in [3.8, 4) is 0 Å². The molecule has 0 N–H and O–H groups in total. The molecule has 0 aliphatic heterocycles. The van der Waals surface area contributed by atoms with Gasteiger partial charge in [0, 0.05) is 30.4 Å². The van der Waals surface area contributed by atoms with Crippen LogP contribution in [-0.4, -0.2) is 31.3 Å². The van der Waals surface area contributed by atoms with Gasteiger partial charge in [-0.2, -0.15) is 0 Å². The van der Waals surface area contributed by atoms with E-state index in [2.05, 4.69) is 39.7 Å². The van der Waals surface area contributed by atoms with Gasteiger partial charge in [-0.1, -0.05) is 25.4 Å². The molecule has 0 aliphatic carbocycles. The van der Waals surface area contributed by atoms with Crippen LogP contribution in [0.4, 0.5) is 5.82 Å². The van der Waals surface area contributed by atoms with Gasteiger partial charge in [0.25, 0.3) is 0 Å². The minimum atomic E-state index is 0.436. The topological polar surface area (TPSA) is 25.4 Å². The van der Waals surface area contributed by atoms with Crippen molar-refractivity contribution in [3.63, 3.8) is 0 Å². The molecule has 0 unspecified atom stereocenters. The van der Waals surface area contributed by atoms with Gasteiger partial charge >= 0.3 is 0 Å². The fourth-order valence-electron chi connectivity index (χ4n) is 2.00. The van der Waals surface area contributed by atoms with Crippen LogP contribution in [0.25, 0.3) is 0 Å². The van der Waals surface area contributed by atoms with Crippen LogP contribution in [0.1, 0.15) is 26.7 Å². The number of methoxy groups -OCH3 is 1. The molecule has 1 heterocycles. The molecule has 0 radical (unpaired) electrons. The van der Waals surface area contributed by atoms with Crippen LogP contribution in [0.3, 0.4) is 0 Å². The van der Waals surface area contributed by atoms with E-state index in [0.29, 0.717) is 17.7 Å². The van der Waals surface area contributed by atoms with Crippen molar-refractivity contribution >= 4 is 33.3 Å². The molecule has 0 amide bonds. The minimum absolute atomic E-state index is 0.436. The third kappa shape index (κ3) is 4.11. The van der Waals surface area contributed by atoms with E-state index >= 15 is 0 Å². The van der Waals surface area contributed by atoms with E-state index in [1.807, 2.05) is 6.07 Å². The number of nitrogens with zero attached hydrogens (tertiary/aromatic N) is 2. The summed E-state index contributed by atoms with van der Waals surface area (Å²) < 4.78 is 6.07. The fourth-order valence-corrected chi connectivity index (χ4v) is 2.74. The summed E-state index contributed by atoms with van der Waals surface area (Å²) in [6.07, 6.45) is 3.91. The zero-order chi connectivity index (χ0) is 13.5. The smallest absolute Gasteiger partial charge is 0.147 e. The quantitative estimate of drug-likeness (QED) is 0.749. The van der Waals surface area contributed by atoms with Gasteiger partial charge in [-0.05, 0) is 34.8 Å². The van der Waals surface area contributed by atoms with Crippen molar-refractivity contribution in [2.75, 3.05) is 25.2 Å². The molecule has 0 bridgehead atoms. The van der Waals surface area contributed by atoms with Gasteiger partial charge in [-0.15, -0.1) is 0 Å². The number of ether oxygens (including phenoxy) is 1. The lowest BCUT2D eigenvalue weighted by atomic mass is 10.1. The zero-order valence-corrected chi connectivity index (χ0v) is 13.5. The molecule has 0 spiro atoms. The summed E-state index contributed by atoms with van der Waals surface area (Å²) in [5.41, 5.74) is 0. The Bertz CT molecular complexity index is 372. The van der Waals surface area contributed by atoms with Gasteiger partial charge in [-0.25, -0.2) is 4.98 Å². The maximum atomic E-state index is 6.29. The second-order valence-corrected chi connectivity index (χ2v) is 5.44. The Balaban J connectivity index is 3.00. The Morgan fingerprint density at radius 1 is 1.44 bits per heavy atom. The van der Waals surface area contributed by atoms with Gasteiger partial charge in [-0.3, -0.25) is 0 Å². The molecule has 1 aromatic heterocycles. The van der Waals surface area contributed by atoms with E-state index in [4.69, 9.17) is 16.3 Å². The molecule has 0 fully saturated rings. The lowest BCUT2D eigenvalue weighted by Gasteiger charge is -2.32. The number of rotatable bonds is 7. The first kappa shape index (κ1) is 15.7. The number of pyridine rings is 1. The number of hydrogen-bond acceptors (Lipinski definition) is 3. The number of aromatic nitrogens is 1. The van der Waals surface area contributed by atoms with Crippen molar-refractivity contribution in [2.45, 2.75) is 32.7 Å². The van der Waals surface area contributed by atoms with Crippen molar-refractivity contribution < 1.29 is 4.74 Å². The maximum Gasteiger partial charge on any atom is 0.147 e. The molecule has 0 saturated heterocycles. The Kier molecular flexibility index (Phi) is 6.97. The van der Waals surface area contributed by atoms with E-state index in [1.54, 1.807) is 13.3 Å². The first-order chi connectivity index (χ1) is 8.63. The van der Waals surface area contributed by atoms with Crippen LogP contribution in [-0.2, 0) is 4.74 Å². The van der Waals surface area contributed by atoms with Gasteiger partial charge in [0.1, 0.15) is 5.82 Å². The van der Waals surface area contributed by atoms with E-state index < -0.39 is 0 Å². The molecule has 18 heavy (non-hydrogen) atoms. The lowest BCUT2D eigenvalue weighted by Crippen LogP contribution is -2.37. The third-order valence-corrected chi connectivity index (χ3v) is 3.69. The Hall–Kier alpha value is -0.320. The average Bonchev–Trinajstić information content (AvgIpc) is 2.35. The van der Waals surface area contributed by atoms with Crippen LogP contribution >= 0.6 is 27.5 Å². The van der Waals surface area contributed by atoms with Crippen LogP contribution < -0.4 is 4.90 Å². The highest BCUT2D eigenvalue weighted by Gasteiger charge is 2.19. The Morgan fingerprint density at radius 3 is 2.61 bits per heavy atom. The summed E-state index contributed by atoms with van der Waals surface area (Å²) >= 11 is 9.67. The normalized spacial score (nSPS) is 11.0. The van der Waals surface area contributed by atoms with Crippen LogP contribution in [0.2, 0.25) is 5.02 Å². The van der Waals surface area contributed by atoms with Gasteiger partial charge < -0.3 is 9.64 Å². The highest BCUT2D eigenvalue weighted by atomic mass is 79.9. The van der Waals surface area contributed by atoms with Crippen molar-refractivity contribution in [1.82, 2.24) is 4.98 Å².